The molecule has 2 N–H and O–H groups in total. The van der Waals surface area contributed by atoms with Crippen molar-refractivity contribution >= 4 is 16.9 Å². The number of aromatic amines is 1. The van der Waals surface area contributed by atoms with Crippen LogP contribution in [0.2, 0.25) is 0 Å². The second-order valence-corrected chi connectivity index (χ2v) is 9.80. The number of benzene rings is 2. The number of hydrogen-bond donors (Lipinski definition) is 2. The molecule has 1 atom stereocenters. The molecular formula is C31H29N5O4. The van der Waals surface area contributed by atoms with Crippen molar-refractivity contribution in [1.29, 1.82) is 0 Å². The lowest BCUT2D eigenvalue weighted by atomic mass is 10.0. The monoisotopic (exact) mass is 535 g/mol. The van der Waals surface area contributed by atoms with Crippen LogP contribution in [0.25, 0.3) is 33.5 Å². The standard InChI is InChI=1S/C31H29N5O4/c1-39-30-24(7-3-13-33-30)21-9-11-28(37)25(15-21)29-34-26-10-8-22(16-27(26)35-29)31(38)36-14-4-6-23(18-36)40-19-20-5-2-12-32-17-20/h2-3,5,7-13,15-17,23,37H,4,6,14,18-19H2,1H3,(H,34,35). The largest absolute Gasteiger partial charge is 0.507 e. The number of aromatic hydroxyl groups is 1. The van der Waals surface area contributed by atoms with E-state index in [4.69, 9.17) is 9.47 Å². The molecule has 3 aromatic heterocycles. The molecule has 1 amide bonds. The first-order valence-corrected chi connectivity index (χ1v) is 13.2. The Balaban J connectivity index is 1.21. The number of methoxy groups -OCH3 is 1. The van der Waals surface area contributed by atoms with Gasteiger partial charge in [-0.25, -0.2) is 9.97 Å². The Kier molecular flexibility index (Phi) is 7.11. The Labute approximate surface area is 231 Å². The molecule has 9 nitrogen and oxygen atoms in total. The number of imidazole rings is 1. The summed E-state index contributed by atoms with van der Waals surface area (Å²) in [6.07, 6.45) is 6.99. The number of phenolic OH excluding ortho intramolecular Hbond substituents is 1. The lowest BCUT2D eigenvalue weighted by Crippen LogP contribution is -2.43. The van der Waals surface area contributed by atoms with E-state index < -0.39 is 0 Å². The number of rotatable bonds is 7. The third-order valence-corrected chi connectivity index (χ3v) is 7.13. The minimum Gasteiger partial charge on any atom is -0.507 e. The Morgan fingerprint density at radius 2 is 2.00 bits per heavy atom. The van der Waals surface area contributed by atoms with Crippen LogP contribution in [-0.4, -0.2) is 62.2 Å². The molecule has 1 aliphatic heterocycles. The highest BCUT2D eigenvalue weighted by molar-refractivity contribution is 5.98. The van der Waals surface area contributed by atoms with Crippen LogP contribution in [0.4, 0.5) is 0 Å². The van der Waals surface area contributed by atoms with Crippen molar-refractivity contribution < 1.29 is 19.4 Å². The van der Waals surface area contributed by atoms with Crippen LogP contribution < -0.4 is 4.74 Å². The van der Waals surface area contributed by atoms with Crippen LogP contribution in [0.1, 0.15) is 28.8 Å². The van der Waals surface area contributed by atoms with Gasteiger partial charge in [0.1, 0.15) is 11.6 Å². The number of pyridine rings is 2. The lowest BCUT2D eigenvalue weighted by molar-refractivity contribution is -0.00680. The number of nitrogens with zero attached hydrogens (tertiary/aromatic N) is 4. The minimum atomic E-state index is -0.0405. The third-order valence-electron chi connectivity index (χ3n) is 7.13. The van der Waals surface area contributed by atoms with Gasteiger partial charge in [-0.15, -0.1) is 0 Å². The maximum absolute atomic E-state index is 13.4. The molecule has 1 unspecified atom stereocenters. The van der Waals surface area contributed by atoms with E-state index in [1.807, 2.05) is 53.4 Å². The molecule has 4 heterocycles. The summed E-state index contributed by atoms with van der Waals surface area (Å²) >= 11 is 0. The zero-order valence-electron chi connectivity index (χ0n) is 22.1. The summed E-state index contributed by atoms with van der Waals surface area (Å²) in [6.45, 7) is 1.71. The maximum Gasteiger partial charge on any atom is 0.254 e. The fourth-order valence-electron chi connectivity index (χ4n) is 5.08. The highest BCUT2D eigenvalue weighted by Gasteiger charge is 2.25. The number of fused-ring (bicyclic) bond motifs is 1. The Hall–Kier alpha value is -4.76. The van der Waals surface area contributed by atoms with E-state index in [0.717, 1.165) is 29.5 Å². The summed E-state index contributed by atoms with van der Waals surface area (Å²) < 4.78 is 11.5. The molecule has 1 fully saturated rings. The van der Waals surface area contributed by atoms with Gasteiger partial charge < -0.3 is 24.5 Å². The van der Waals surface area contributed by atoms with E-state index >= 15 is 0 Å². The molecule has 2 aromatic carbocycles. The zero-order chi connectivity index (χ0) is 27.5. The van der Waals surface area contributed by atoms with E-state index in [2.05, 4.69) is 19.9 Å². The first kappa shape index (κ1) is 25.5. The number of ether oxygens (including phenoxy) is 2. The van der Waals surface area contributed by atoms with Crippen molar-refractivity contribution in [1.82, 2.24) is 24.8 Å². The predicted octanol–water partition coefficient (Wildman–Crippen LogP) is 5.22. The molecule has 40 heavy (non-hydrogen) atoms. The van der Waals surface area contributed by atoms with Gasteiger partial charge in [-0.05, 0) is 72.5 Å². The molecule has 0 spiro atoms. The summed E-state index contributed by atoms with van der Waals surface area (Å²) in [6, 6.07) is 18.3. The summed E-state index contributed by atoms with van der Waals surface area (Å²) in [5, 5.41) is 10.7. The first-order chi connectivity index (χ1) is 19.6. The molecule has 0 bridgehead atoms. The number of nitrogens with one attached hydrogen (secondary N) is 1. The van der Waals surface area contributed by atoms with Gasteiger partial charge in [0.2, 0.25) is 5.88 Å². The van der Waals surface area contributed by atoms with Gasteiger partial charge in [0.05, 0.1) is 36.4 Å². The second kappa shape index (κ2) is 11.2. The van der Waals surface area contributed by atoms with Gasteiger partial charge in [0.25, 0.3) is 5.91 Å². The lowest BCUT2D eigenvalue weighted by Gasteiger charge is -2.32. The smallest absolute Gasteiger partial charge is 0.254 e. The van der Waals surface area contributed by atoms with Gasteiger partial charge in [-0.2, -0.15) is 0 Å². The number of piperidine rings is 1. The highest BCUT2D eigenvalue weighted by atomic mass is 16.5. The van der Waals surface area contributed by atoms with Gasteiger partial charge in [-0.3, -0.25) is 9.78 Å². The van der Waals surface area contributed by atoms with Crippen LogP contribution in [-0.2, 0) is 11.3 Å². The summed E-state index contributed by atoms with van der Waals surface area (Å²) in [5.41, 5.74) is 5.19. The quantitative estimate of drug-likeness (QED) is 0.294. The van der Waals surface area contributed by atoms with Crippen molar-refractivity contribution in [2.45, 2.75) is 25.6 Å². The molecule has 202 valence electrons. The molecular weight excluding hydrogens is 506 g/mol. The second-order valence-electron chi connectivity index (χ2n) is 9.80. The number of carbonyl (C=O) groups is 1. The summed E-state index contributed by atoms with van der Waals surface area (Å²) in [7, 11) is 1.57. The van der Waals surface area contributed by atoms with E-state index in [1.54, 1.807) is 37.8 Å². The number of phenols is 1. The molecule has 6 rings (SSSR count). The summed E-state index contributed by atoms with van der Waals surface area (Å²) in [4.78, 5) is 31.7. The van der Waals surface area contributed by atoms with Crippen molar-refractivity contribution in [3.05, 3.63) is 90.4 Å². The van der Waals surface area contributed by atoms with Crippen LogP contribution in [0.3, 0.4) is 0 Å². The van der Waals surface area contributed by atoms with Crippen LogP contribution >= 0.6 is 0 Å². The van der Waals surface area contributed by atoms with Gasteiger partial charge in [-0.1, -0.05) is 12.1 Å². The number of carbonyl (C=O) groups excluding carboxylic acids is 1. The number of aromatic nitrogens is 4. The Morgan fingerprint density at radius 1 is 1.10 bits per heavy atom. The van der Waals surface area contributed by atoms with Crippen LogP contribution in [0.5, 0.6) is 11.6 Å². The predicted molar refractivity (Wildman–Crippen MR) is 151 cm³/mol. The maximum atomic E-state index is 13.4. The normalized spacial score (nSPS) is 15.3. The molecule has 9 heteroatoms. The number of amides is 1. The van der Waals surface area contributed by atoms with E-state index in [-0.39, 0.29) is 17.8 Å². The van der Waals surface area contributed by atoms with Gasteiger partial charge >= 0.3 is 0 Å². The third kappa shape index (κ3) is 5.23. The SMILES string of the molecule is COc1ncccc1-c1ccc(O)c(-c2nc3ccc(C(=O)N4CCCC(OCc5cccnc5)C4)cc3[nH]2)c1. The van der Waals surface area contributed by atoms with Crippen molar-refractivity contribution in [3.8, 4) is 34.1 Å². The van der Waals surface area contributed by atoms with E-state index in [9.17, 15) is 9.90 Å². The fraction of sp³-hybridized carbons (Fsp3) is 0.226. The van der Waals surface area contributed by atoms with Crippen molar-refractivity contribution in [2.75, 3.05) is 20.2 Å². The topological polar surface area (TPSA) is 113 Å². The molecule has 0 saturated carbocycles. The Bertz CT molecular complexity index is 1650. The molecule has 0 radical (unpaired) electrons. The van der Waals surface area contributed by atoms with Gasteiger partial charge in [0, 0.05) is 42.8 Å². The number of likely N-dealkylation sites (tertiary alicyclic amines) is 1. The van der Waals surface area contributed by atoms with Crippen molar-refractivity contribution in [3.63, 3.8) is 0 Å². The van der Waals surface area contributed by atoms with Gasteiger partial charge in [0.15, 0.2) is 0 Å². The van der Waals surface area contributed by atoms with E-state index in [0.29, 0.717) is 53.6 Å². The minimum absolute atomic E-state index is 0.0194. The molecule has 1 saturated heterocycles. The van der Waals surface area contributed by atoms with Crippen LogP contribution in [0.15, 0.2) is 79.3 Å². The average molecular weight is 536 g/mol. The Morgan fingerprint density at radius 3 is 2.85 bits per heavy atom. The summed E-state index contributed by atoms with van der Waals surface area (Å²) in [5.74, 6) is 1.05. The molecule has 5 aromatic rings. The molecule has 0 aliphatic carbocycles. The van der Waals surface area contributed by atoms with Crippen LogP contribution in [0, 0.1) is 0 Å². The fourth-order valence-corrected chi connectivity index (χ4v) is 5.08. The number of hydrogen-bond acceptors (Lipinski definition) is 7. The van der Waals surface area contributed by atoms with Crippen molar-refractivity contribution in [2.24, 2.45) is 0 Å². The first-order valence-electron chi connectivity index (χ1n) is 13.2. The zero-order valence-corrected chi connectivity index (χ0v) is 22.1. The molecule has 1 aliphatic rings. The average Bonchev–Trinajstić information content (AvgIpc) is 3.44. The van der Waals surface area contributed by atoms with E-state index in [1.165, 1.54) is 0 Å². The number of H-pyrrole nitrogens is 1. The highest BCUT2D eigenvalue weighted by Crippen LogP contribution is 2.35.